The summed E-state index contributed by atoms with van der Waals surface area (Å²) in [5, 5.41) is 21.1. The minimum absolute atomic E-state index is 0.0144. The third-order valence-electron chi connectivity index (χ3n) is 4.97. The Balaban J connectivity index is 1.73. The van der Waals surface area contributed by atoms with Gasteiger partial charge in [0.15, 0.2) is 0 Å². The van der Waals surface area contributed by atoms with Gasteiger partial charge in [0.05, 0.1) is 23.4 Å². The Hall–Kier alpha value is -4.18. The van der Waals surface area contributed by atoms with Gasteiger partial charge in [0, 0.05) is 40.1 Å². The van der Waals surface area contributed by atoms with Gasteiger partial charge in [-0.25, -0.2) is 5.43 Å². The van der Waals surface area contributed by atoms with Crippen molar-refractivity contribution in [3.8, 4) is 0 Å². The second kappa shape index (κ2) is 11.8. The average Bonchev–Trinajstić information content (AvgIpc) is 2.81. The van der Waals surface area contributed by atoms with E-state index in [4.69, 9.17) is 0 Å². The van der Waals surface area contributed by atoms with Gasteiger partial charge >= 0.3 is 0 Å². The normalized spacial score (nSPS) is 10.7. The van der Waals surface area contributed by atoms with Crippen molar-refractivity contribution in [1.82, 2.24) is 5.43 Å². The molecule has 0 aliphatic carbocycles. The van der Waals surface area contributed by atoms with Gasteiger partial charge < -0.3 is 10.6 Å². The van der Waals surface area contributed by atoms with Crippen LogP contribution in [0.5, 0.6) is 0 Å². The SMILES string of the molecule is CC(=O)Nc1ccccc1Sc1ccc([N+](=O)[O-])cc1/C=N/NC(=O)CNc1ccc(C)c(C)c1. The fourth-order valence-corrected chi connectivity index (χ4v) is 4.04. The predicted molar refractivity (Wildman–Crippen MR) is 138 cm³/mol. The first-order valence-electron chi connectivity index (χ1n) is 10.7. The molecule has 0 spiro atoms. The van der Waals surface area contributed by atoms with Gasteiger partial charge in [-0.3, -0.25) is 19.7 Å². The summed E-state index contributed by atoms with van der Waals surface area (Å²) in [7, 11) is 0. The molecule has 0 radical (unpaired) electrons. The van der Waals surface area contributed by atoms with E-state index in [0.717, 1.165) is 21.7 Å². The molecule has 0 atom stereocenters. The van der Waals surface area contributed by atoms with Crippen LogP contribution in [0.1, 0.15) is 23.6 Å². The second-order valence-electron chi connectivity index (χ2n) is 7.70. The number of aryl methyl sites for hydroxylation is 2. The van der Waals surface area contributed by atoms with Crippen LogP contribution in [0.2, 0.25) is 0 Å². The molecule has 0 saturated heterocycles. The molecule has 3 aromatic rings. The Morgan fingerprint density at radius 2 is 1.80 bits per heavy atom. The van der Waals surface area contributed by atoms with Gasteiger partial charge in [0.2, 0.25) is 5.91 Å². The van der Waals surface area contributed by atoms with Gasteiger partial charge in [-0.2, -0.15) is 5.10 Å². The summed E-state index contributed by atoms with van der Waals surface area (Å²) >= 11 is 1.32. The predicted octanol–water partition coefficient (Wildman–Crippen LogP) is 4.88. The molecular weight excluding hydrogens is 466 g/mol. The van der Waals surface area contributed by atoms with Gasteiger partial charge in [0.25, 0.3) is 11.6 Å². The molecule has 3 aromatic carbocycles. The number of carbonyl (C=O) groups is 2. The summed E-state index contributed by atoms with van der Waals surface area (Å²) in [4.78, 5) is 35.9. The average molecular weight is 492 g/mol. The van der Waals surface area contributed by atoms with Gasteiger partial charge in [-0.05, 0) is 55.3 Å². The van der Waals surface area contributed by atoms with E-state index in [2.05, 4.69) is 21.2 Å². The van der Waals surface area contributed by atoms with E-state index in [-0.39, 0.29) is 24.0 Å². The minimum atomic E-state index is -0.497. The molecule has 0 unspecified atom stereocenters. The number of amides is 2. The van der Waals surface area contributed by atoms with Crippen molar-refractivity contribution in [2.45, 2.75) is 30.6 Å². The number of nitro groups is 1. The summed E-state index contributed by atoms with van der Waals surface area (Å²) in [5.41, 5.74) is 6.50. The van der Waals surface area contributed by atoms with Crippen molar-refractivity contribution < 1.29 is 14.5 Å². The fraction of sp³-hybridized carbons (Fsp3) is 0.160. The molecule has 0 saturated carbocycles. The molecule has 10 heteroatoms. The molecule has 0 aromatic heterocycles. The summed E-state index contributed by atoms with van der Waals surface area (Å²) < 4.78 is 0. The Bertz CT molecular complexity index is 1290. The van der Waals surface area contributed by atoms with Crippen LogP contribution in [0.25, 0.3) is 0 Å². The van der Waals surface area contributed by atoms with Gasteiger partial charge in [-0.15, -0.1) is 0 Å². The number of rotatable bonds is 9. The maximum Gasteiger partial charge on any atom is 0.270 e. The van der Waals surface area contributed by atoms with Gasteiger partial charge in [0.1, 0.15) is 0 Å². The highest BCUT2D eigenvalue weighted by Gasteiger charge is 2.13. The number of nitrogens with zero attached hydrogens (tertiary/aromatic N) is 2. The summed E-state index contributed by atoms with van der Waals surface area (Å²) in [6.07, 6.45) is 1.37. The molecule has 0 heterocycles. The van der Waals surface area contributed by atoms with Crippen LogP contribution in [0.15, 0.2) is 75.6 Å². The molecule has 180 valence electrons. The first-order chi connectivity index (χ1) is 16.7. The number of non-ortho nitro benzene ring substituents is 1. The second-order valence-corrected chi connectivity index (χ2v) is 8.79. The Kier molecular flexibility index (Phi) is 8.58. The third-order valence-corrected chi connectivity index (χ3v) is 6.14. The van der Waals surface area contributed by atoms with Crippen LogP contribution >= 0.6 is 11.8 Å². The van der Waals surface area contributed by atoms with E-state index in [1.807, 2.05) is 44.2 Å². The topological polar surface area (TPSA) is 126 Å². The van der Waals surface area contributed by atoms with E-state index in [1.165, 1.54) is 37.0 Å². The summed E-state index contributed by atoms with van der Waals surface area (Å²) in [6.45, 7) is 5.44. The third kappa shape index (κ3) is 7.41. The first-order valence-corrected chi connectivity index (χ1v) is 11.5. The lowest BCUT2D eigenvalue weighted by Crippen LogP contribution is -2.25. The number of nitrogens with one attached hydrogen (secondary N) is 3. The first kappa shape index (κ1) is 25.4. The molecule has 0 bridgehead atoms. The molecule has 3 rings (SSSR count). The highest BCUT2D eigenvalue weighted by atomic mass is 32.2. The standard InChI is InChI=1S/C25H25N5O4S/c1-16-8-9-20(12-17(16)2)26-15-25(32)29-27-14-19-13-21(30(33)34)10-11-23(19)35-24-7-5-4-6-22(24)28-18(3)31/h4-14,26H,15H2,1-3H3,(H,28,31)(H,29,32)/b27-14+. The number of carbonyl (C=O) groups excluding carboxylic acids is 2. The van der Waals surface area contributed by atoms with E-state index >= 15 is 0 Å². The molecular formula is C25H25N5O4S. The Morgan fingerprint density at radius 1 is 1.03 bits per heavy atom. The van der Waals surface area contributed by atoms with Crippen LogP contribution in [0, 0.1) is 24.0 Å². The number of hydrogen-bond donors (Lipinski definition) is 3. The molecule has 0 aliphatic heterocycles. The summed E-state index contributed by atoms with van der Waals surface area (Å²) in [6, 6.07) is 17.4. The van der Waals surface area contributed by atoms with Crippen molar-refractivity contribution in [3.63, 3.8) is 0 Å². The van der Waals surface area contributed by atoms with Crippen LogP contribution in [-0.2, 0) is 9.59 Å². The lowest BCUT2D eigenvalue weighted by atomic mass is 10.1. The molecule has 35 heavy (non-hydrogen) atoms. The van der Waals surface area contributed by atoms with E-state index in [9.17, 15) is 19.7 Å². The minimum Gasteiger partial charge on any atom is -0.376 e. The van der Waals surface area contributed by atoms with Crippen LogP contribution < -0.4 is 16.1 Å². The number of benzene rings is 3. The molecule has 2 amide bonds. The number of hydrazone groups is 1. The Labute approximate surface area is 207 Å². The van der Waals surface area contributed by atoms with Crippen LogP contribution in [0.4, 0.5) is 17.1 Å². The zero-order valence-electron chi connectivity index (χ0n) is 19.5. The maximum atomic E-state index is 12.2. The molecule has 9 nitrogen and oxygen atoms in total. The van der Waals surface area contributed by atoms with Crippen molar-refractivity contribution in [3.05, 3.63) is 87.5 Å². The van der Waals surface area contributed by atoms with E-state index in [0.29, 0.717) is 16.1 Å². The molecule has 0 fully saturated rings. The number of nitro benzene ring substituents is 1. The maximum absolute atomic E-state index is 12.2. The Morgan fingerprint density at radius 3 is 2.51 bits per heavy atom. The summed E-state index contributed by atoms with van der Waals surface area (Å²) in [5.74, 6) is -0.573. The largest absolute Gasteiger partial charge is 0.376 e. The van der Waals surface area contributed by atoms with E-state index < -0.39 is 4.92 Å². The number of para-hydroxylation sites is 1. The number of anilines is 2. The highest BCUT2D eigenvalue weighted by Crippen LogP contribution is 2.36. The van der Waals surface area contributed by atoms with Crippen molar-refractivity contribution in [2.75, 3.05) is 17.2 Å². The lowest BCUT2D eigenvalue weighted by molar-refractivity contribution is -0.384. The van der Waals surface area contributed by atoms with E-state index in [1.54, 1.807) is 18.2 Å². The van der Waals surface area contributed by atoms with Crippen molar-refractivity contribution in [2.24, 2.45) is 5.10 Å². The molecule has 0 aliphatic rings. The lowest BCUT2D eigenvalue weighted by Gasteiger charge is -2.11. The van der Waals surface area contributed by atoms with Crippen molar-refractivity contribution in [1.29, 1.82) is 0 Å². The zero-order chi connectivity index (χ0) is 25.4. The van der Waals surface area contributed by atoms with Gasteiger partial charge in [-0.1, -0.05) is 30.0 Å². The number of hydrogen-bond acceptors (Lipinski definition) is 7. The quantitative estimate of drug-likeness (QED) is 0.222. The highest BCUT2D eigenvalue weighted by molar-refractivity contribution is 7.99. The zero-order valence-corrected chi connectivity index (χ0v) is 20.3. The van der Waals surface area contributed by atoms with Crippen LogP contribution in [-0.4, -0.2) is 29.5 Å². The molecule has 3 N–H and O–H groups in total. The van der Waals surface area contributed by atoms with Crippen molar-refractivity contribution >= 4 is 46.9 Å². The monoisotopic (exact) mass is 491 g/mol. The van der Waals surface area contributed by atoms with Crippen LogP contribution in [0.3, 0.4) is 0 Å². The fourth-order valence-electron chi connectivity index (χ4n) is 3.06. The smallest absolute Gasteiger partial charge is 0.270 e.